The second-order valence-corrected chi connectivity index (χ2v) is 4.70. The lowest BCUT2D eigenvalue weighted by Crippen LogP contribution is -2.36. The van der Waals surface area contributed by atoms with Gasteiger partial charge in [0.2, 0.25) is 0 Å². The highest BCUT2D eigenvalue weighted by Gasteiger charge is 2.07. The van der Waals surface area contributed by atoms with Crippen LogP contribution in [-0.2, 0) is 6.54 Å². The average molecular weight is 239 g/mol. The van der Waals surface area contributed by atoms with Crippen LogP contribution in [-0.4, -0.2) is 34.1 Å². The molecule has 0 aliphatic carbocycles. The molecule has 17 heavy (non-hydrogen) atoms. The molecule has 0 amide bonds. The van der Waals surface area contributed by atoms with Gasteiger partial charge in [-0.15, -0.1) is 0 Å². The largest absolute Gasteiger partial charge is 0.390 e. The predicted molar refractivity (Wildman–Crippen MR) is 66.9 cm³/mol. The number of aromatic nitrogens is 2. The average Bonchev–Trinajstić information content (AvgIpc) is 2.23. The van der Waals surface area contributed by atoms with Crippen molar-refractivity contribution in [2.45, 2.75) is 33.4 Å². The minimum absolute atomic E-state index is 0.182. The van der Waals surface area contributed by atoms with E-state index in [4.69, 9.17) is 0 Å². The van der Waals surface area contributed by atoms with Crippen molar-refractivity contribution in [1.29, 1.82) is 0 Å². The van der Waals surface area contributed by atoms with E-state index in [0.717, 1.165) is 12.2 Å². The molecule has 5 heteroatoms. The number of aryl methyl sites for hydroxylation is 1. The zero-order valence-electron chi connectivity index (χ0n) is 10.7. The van der Waals surface area contributed by atoms with E-state index < -0.39 is 6.10 Å². The molecular weight excluding hydrogens is 218 g/mol. The van der Waals surface area contributed by atoms with E-state index in [2.05, 4.69) is 24.3 Å². The van der Waals surface area contributed by atoms with Gasteiger partial charge < -0.3 is 10.4 Å². The van der Waals surface area contributed by atoms with Crippen LogP contribution in [0.15, 0.2) is 16.9 Å². The molecule has 0 spiro atoms. The lowest BCUT2D eigenvalue weighted by atomic mass is 10.2. The number of hydrogen-bond donors (Lipinski definition) is 2. The fraction of sp³-hybridized carbons (Fsp3) is 0.667. The SMILES string of the molecule is Cc1ccc(=O)n(CC(O)CNCC(C)C)n1. The van der Waals surface area contributed by atoms with Crippen molar-refractivity contribution in [2.24, 2.45) is 5.92 Å². The Kier molecular flexibility index (Phi) is 5.31. The molecule has 1 atom stereocenters. The molecule has 0 aromatic carbocycles. The van der Waals surface area contributed by atoms with Crippen LogP contribution in [0.4, 0.5) is 0 Å². The molecule has 0 radical (unpaired) electrons. The molecule has 0 saturated carbocycles. The third kappa shape index (κ3) is 5.10. The van der Waals surface area contributed by atoms with E-state index in [1.165, 1.54) is 10.7 Å². The van der Waals surface area contributed by atoms with Crippen LogP contribution in [0, 0.1) is 12.8 Å². The van der Waals surface area contributed by atoms with Crippen molar-refractivity contribution in [3.05, 3.63) is 28.2 Å². The summed E-state index contributed by atoms with van der Waals surface area (Å²) in [5, 5.41) is 17.0. The van der Waals surface area contributed by atoms with Gasteiger partial charge in [0.15, 0.2) is 0 Å². The number of nitrogens with zero attached hydrogens (tertiary/aromatic N) is 2. The molecule has 1 unspecified atom stereocenters. The van der Waals surface area contributed by atoms with Crippen LogP contribution in [0.2, 0.25) is 0 Å². The first kappa shape index (κ1) is 13.9. The fourth-order valence-electron chi connectivity index (χ4n) is 1.48. The van der Waals surface area contributed by atoms with Gasteiger partial charge in [-0.05, 0) is 25.5 Å². The molecule has 2 N–H and O–H groups in total. The maximum Gasteiger partial charge on any atom is 0.266 e. The number of aliphatic hydroxyl groups is 1. The summed E-state index contributed by atoms with van der Waals surface area (Å²) in [6.07, 6.45) is -0.597. The Labute approximate surface area is 101 Å². The summed E-state index contributed by atoms with van der Waals surface area (Å²) in [4.78, 5) is 11.5. The van der Waals surface area contributed by atoms with Crippen molar-refractivity contribution in [3.63, 3.8) is 0 Å². The molecule has 0 saturated heterocycles. The molecule has 0 bridgehead atoms. The van der Waals surface area contributed by atoms with Crippen LogP contribution in [0.25, 0.3) is 0 Å². The first-order valence-electron chi connectivity index (χ1n) is 5.92. The highest BCUT2D eigenvalue weighted by Crippen LogP contribution is 1.91. The predicted octanol–water partition coefficient (Wildman–Crippen LogP) is 0.158. The highest BCUT2D eigenvalue weighted by atomic mass is 16.3. The van der Waals surface area contributed by atoms with E-state index in [0.29, 0.717) is 12.5 Å². The van der Waals surface area contributed by atoms with Gasteiger partial charge in [-0.3, -0.25) is 4.79 Å². The fourth-order valence-corrected chi connectivity index (χ4v) is 1.48. The molecule has 0 aliphatic rings. The van der Waals surface area contributed by atoms with Crippen molar-refractivity contribution >= 4 is 0 Å². The first-order valence-corrected chi connectivity index (χ1v) is 5.92. The minimum Gasteiger partial charge on any atom is -0.390 e. The normalized spacial score (nSPS) is 13.0. The summed E-state index contributed by atoms with van der Waals surface area (Å²) in [5.41, 5.74) is 0.588. The number of nitrogens with one attached hydrogen (secondary N) is 1. The molecule has 96 valence electrons. The quantitative estimate of drug-likeness (QED) is 0.742. The lowest BCUT2D eigenvalue weighted by molar-refractivity contribution is 0.143. The third-order valence-corrected chi connectivity index (χ3v) is 2.32. The number of hydrogen-bond acceptors (Lipinski definition) is 4. The summed E-state index contributed by atoms with van der Waals surface area (Å²) in [6.45, 7) is 7.58. The maximum atomic E-state index is 11.5. The van der Waals surface area contributed by atoms with Gasteiger partial charge >= 0.3 is 0 Å². The van der Waals surface area contributed by atoms with Gasteiger partial charge in [-0.2, -0.15) is 5.10 Å². The minimum atomic E-state index is -0.597. The Balaban J connectivity index is 2.47. The number of aliphatic hydroxyl groups excluding tert-OH is 1. The summed E-state index contributed by atoms with van der Waals surface area (Å²) in [5.74, 6) is 0.544. The van der Waals surface area contributed by atoms with Gasteiger partial charge in [0.1, 0.15) is 0 Å². The zero-order chi connectivity index (χ0) is 12.8. The lowest BCUT2D eigenvalue weighted by Gasteiger charge is -2.14. The molecule has 0 aliphatic heterocycles. The van der Waals surface area contributed by atoms with Crippen molar-refractivity contribution in [1.82, 2.24) is 15.1 Å². The van der Waals surface area contributed by atoms with Gasteiger partial charge in [-0.25, -0.2) is 4.68 Å². The van der Waals surface area contributed by atoms with Crippen molar-refractivity contribution in [2.75, 3.05) is 13.1 Å². The van der Waals surface area contributed by atoms with Crippen LogP contribution in [0.1, 0.15) is 19.5 Å². The van der Waals surface area contributed by atoms with Crippen molar-refractivity contribution in [3.8, 4) is 0 Å². The summed E-state index contributed by atoms with van der Waals surface area (Å²) < 4.78 is 1.30. The Hall–Kier alpha value is -1.20. The zero-order valence-corrected chi connectivity index (χ0v) is 10.7. The topological polar surface area (TPSA) is 67.2 Å². The Morgan fingerprint density at radius 2 is 2.12 bits per heavy atom. The van der Waals surface area contributed by atoms with Gasteiger partial charge in [0, 0.05) is 12.6 Å². The van der Waals surface area contributed by atoms with E-state index in [9.17, 15) is 9.90 Å². The molecule has 0 fully saturated rings. The molecule has 1 heterocycles. The van der Waals surface area contributed by atoms with E-state index in [1.54, 1.807) is 6.07 Å². The Bertz CT molecular complexity index is 401. The second-order valence-electron chi connectivity index (χ2n) is 4.70. The van der Waals surface area contributed by atoms with Crippen LogP contribution < -0.4 is 10.9 Å². The molecule has 1 aromatic rings. The maximum absolute atomic E-state index is 11.5. The van der Waals surface area contributed by atoms with Crippen LogP contribution >= 0.6 is 0 Å². The standard InChI is InChI=1S/C12H21N3O2/c1-9(2)6-13-7-11(16)8-15-12(17)5-4-10(3)14-15/h4-5,9,11,13,16H,6-8H2,1-3H3. The molecular formula is C12H21N3O2. The van der Waals surface area contributed by atoms with Gasteiger partial charge in [0.05, 0.1) is 18.3 Å². The second kappa shape index (κ2) is 6.51. The summed E-state index contributed by atoms with van der Waals surface area (Å²) >= 11 is 0. The molecule has 1 aromatic heterocycles. The molecule has 5 nitrogen and oxygen atoms in total. The molecule has 1 rings (SSSR count). The highest BCUT2D eigenvalue weighted by molar-refractivity contribution is 4.97. The summed E-state index contributed by atoms with van der Waals surface area (Å²) in [7, 11) is 0. The third-order valence-electron chi connectivity index (χ3n) is 2.32. The number of rotatable bonds is 6. The van der Waals surface area contributed by atoms with Gasteiger partial charge in [0.25, 0.3) is 5.56 Å². The van der Waals surface area contributed by atoms with Crippen LogP contribution in [0.3, 0.4) is 0 Å². The van der Waals surface area contributed by atoms with Crippen LogP contribution in [0.5, 0.6) is 0 Å². The van der Waals surface area contributed by atoms with Crippen molar-refractivity contribution < 1.29 is 5.11 Å². The monoisotopic (exact) mass is 239 g/mol. The first-order chi connectivity index (χ1) is 7.99. The Morgan fingerprint density at radius 1 is 1.41 bits per heavy atom. The summed E-state index contributed by atoms with van der Waals surface area (Å²) in [6, 6.07) is 3.14. The van der Waals surface area contributed by atoms with E-state index in [-0.39, 0.29) is 12.1 Å². The Morgan fingerprint density at radius 3 is 2.76 bits per heavy atom. The van der Waals surface area contributed by atoms with E-state index >= 15 is 0 Å². The van der Waals surface area contributed by atoms with Gasteiger partial charge in [-0.1, -0.05) is 13.8 Å². The smallest absolute Gasteiger partial charge is 0.266 e. The van der Waals surface area contributed by atoms with E-state index in [1.807, 2.05) is 6.92 Å².